The van der Waals surface area contributed by atoms with E-state index < -0.39 is 0 Å². The molecule has 5 nitrogen and oxygen atoms in total. The van der Waals surface area contributed by atoms with E-state index in [1.165, 1.54) is 22.2 Å². The van der Waals surface area contributed by atoms with Crippen molar-refractivity contribution in [1.29, 1.82) is 0 Å². The van der Waals surface area contributed by atoms with Gasteiger partial charge in [-0.2, -0.15) is 0 Å². The number of carbonyl (C=O) groups excluding carboxylic acids is 1. The molecule has 1 fully saturated rings. The number of rotatable bonds is 10. The number of thiocarbonyl (C=S) groups is 1. The van der Waals surface area contributed by atoms with Crippen LogP contribution in [0.5, 0.6) is 17.2 Å². The minimum Gasteiger partial charge on any atom is -0.493 e. The number of aryl methyl sites for hydroxylation is 1. The summed E-state index contributed by atoms with van der Waals surface area (Å²) in [7, 11) is 1.60. The van der Waals surface area contributed by atoms with Crippen molar-refractivity contribution in [2.75, 3.05) is 26.9 Å². The number of nitrogens with zero attached hydrogens (tertiary/aromatic N) is 1. The minimum absolute atomic E-state index is 0.108. The van der Waals surface area contributed by atoms with E-state index in [1.807, 2.05) is 36.4 Å². The molecule has 168 valence electrons. The van der Waals surface area contributed by atoms with E-state index in [0.717, 1.165) is 23.3 Å². The van der Waals surface area contributed by atoms with Gasteiger partial charge in [0.05, 0.1) is 25.2 Å². The molecule has 32 heavy (non-hydrogen) atoms. The van der Waals surface area contributed by atoms with Gasteiger partial charge in [-0.05, 0) is 54.8 Å². The third-order valence-corrected chi connectivity index (χ3v) is 6.41. The molecule has 0 aliphatic carbocycles. The normalized spacial score (nSPS) is 14.7. The molecule has 0 bridgehead atoms. The zero-order valence-electron chi connectivity index (χ0n) is 18.6. The Balaban J connectivity index is 1.57. The fourth-order valence-corrected chi connectivity index (χ4v) is 4.41. The number of carbonyl (C=O) groups is 1. The molecule has 1 saturated heterocycles. The summed E-state index contributed by atoms with van der Waals surface area (Å²) in [4.78, 5) is 14.6. The van der Waals surface area contributed by atoms with Gasteiger partial charge in [0.2, 0.25) is 0 Å². The number of methoxy groups -OCH3 is 1. The van der Waals surface area contributed by atoms with Crippen LogP contribution in [-0.4, -0.2) is 42.0 Å². The third-order valence-electron chi connectivity index (χ3n) is 5.03. The molecule has 7 heteroatoms. The number of amides is 1. The standard InChI is InChI=1S/C25H27NO4S2/c1-5-12-26-24(27)23(32-25(26)31)16-19-10-11-21(22(15-19)28-4)30-14-7-13-29-20-9-6-8-17(2)18(20)3/h5-6,8-11,15-16H,1,7,12-14H2,2-4H3/b23-16+. The van der Waals surface area contributed by atoms with E-state index in [-0.39, 0.29) is 5.91 Å². The van der Waals surface area contributed by atoms with Crippen LogP contribution in [0.1, 0.15) is 23.1 Å². The quantitative estimate of drug-likeness (QED) is 0.197. The zero-order valence-corrected chi connectivity index (χ0v) is 20.2. The summed E-state index contributed by atoms with van der Waals surface area (Å²) in [5, 5.41) is 0. The molecule has 0 radical (unpaired) electrons. The topological polar surface area (TPSA) is 48.0 Å². The molecule has 1 heterocycles. The molecule has 1 amide bonds. The second-order valence-corrected chi connectivity index (χ2v) is 8.92. The summed E-state index contributed by atoms with van der Waals surface area (Å²) < 4.78 is 17.8. The van der Waals surface area contributed by atoms with Gasteiger partial charge in [0, 0.05) is 13.0 Å². The maximum atomic E-state index is 12.5. The van der Waals surface area contributed by atoms with Crippen molar-refractivity contribution in [3.05, 3.63) is 70.6 Å². The van der Waals surface area contributed by atoms with Crippen LogP contribution >= 0.6 is 24.0 Å². The Morgan fingerprint density at radius 3 is 2.56 bits per heavy atom. The lowest BCUT2D eigenvalue weighted by Crippen LogP contribution is -2.27. The van der Waals surface area contributed by atoms with Gasteiger partial charge in [-0.3, -0.25) is 9.69 Å². The van der Waals surface area contributed by atoms with Gasteiger partial charge in [-0.1, -0.05) is 48.3 Å². The van der Waals surface area contributed by atoms with Crippen LogP contribution in [0.4, 0.5) is 0 Å². The SMILES string of the molecule is C=CCN1C(=O)/C(=C\c2ccc(OCCCOc3cccc(C)c3C)c(OC)c2)SC1=S. The summed E-state index contributed by atoms with van der Waals surface area (Å²) in [5.41, 5.74) is 3.21. The molecular formula is C25H27NO4S2. The highest BCUT2D eigenvalue weighted by atomic mass is 32.2. The van der Waals surface area contributed by atoms with Gasteiger partial charge in [0.15, 0.2) is 11.5 Å². The van der Waals surface area contributed by atoms with Gasteiger partial charge in [-0.15, -0.1) is 6.58 Å². The van der Waals surface area contributed by atoms with Gasteiger partial charge >= 0.3 is 0 Å². The smallest absolute Gasteiger partial charge is 0.266 e. The Labute approximate surface area is 199 Å². The van der Waals surface area contributed by atoms with Crippen LogP contribution in [0.15, 0.2) is 54.0 Å². The van der Waals surface area contributed by atoms with Crippen molar-refractivity contribution in [2.45, 2.75) is 20.3 Å². The van der Waals surface area contributed by atoms with Gasteiger partial charge in [0.25, 0.3) is 5.91 Å². The first kappa shape index (κ1) is 23.9. The first-order chi connectivity index (χ1) is 15.4. The molecule has 0 saturated carbocycles. The van der Waals surface area contributed by atoms with Crippen molar-refractivity contribution in [2.24, 2.45) is 0 Å². The van der Waals surface area contributed by atoms with Crippen LogP contribution in [0, 0.1) is 13.8 Å². The maximum Gasteiger partial charge on any atom is 0.266 e. The Hall–Kier alpha value is -2.77. The summed E-state index contributed by atoms with van der Waals surface area (Å²) in [6.07, 6.45) is 4.22. The molecule has 1 aliphatic heterocycles. The van der Waals surface area contributed by atoms with Crippen molar-refractivity contribution in [1.82, 2.24) is 4.90 Å². The molecule has 2 aromatic rings. The van der Waals surface area contributed by atoms with E-state index >= 15 is 0 Å². The highest BCUT2D eigenvalue weighted by molar-refractivity contribution is 8.26. The second kappa shape index (κ2) is 11.2. The molecular weight excluding hydrogens is 442 g/mol. The molecule has 0 spiro atoms. The van der Waals surface area contributed by atoms with Crippen molar-refractivity contribution >= 4 is 40.3 Å². The molecule has 3 rings (SSSR count). The highest BCUT2D eigenvalue weighted by Gasteiger charge is 2.31. The van der Waals surface area contributed by atoms with Gasteiger partial charge < -0.3 is 14.2 Å². The molecule has 0 aromatic heterocycles. The number of hydrogen-bond acceptors (Lipinski definition) is 6. The molecule has 0 unspecified atom stereocenters. The largest absolute Gasteiger partial charge is 0.493 e. The van der Waals surface area contributed by atoms with E-state index in [4.69, 9.17) is 26.4 Å². The average molecular weight is 470 g/mol. The summed E-state index contributed by atoms with van der Waals surface area (Å²) >= 11 is 6.57. The van der Waals surface area contributed by atoms with Crippen molar-refractivity contribution in [3.63, 3.8) is 0 Å². The van der Waals surface area contributed by atoms with Crippen LogP contribution in [0.2, 0.25) is 0 Å². The summed E-state index contributed by atoms with van der Waals surface area (Å²) in [6.45, 7) is 9.28. The first-order valence-electron chi connectivity index (χ1n) is 10.3. The summed E-state index contributed by atoms with van der Waals surface area (Å²) in [6, 6.07) is 11.6. The molecule has 2 aromatic carbocycles. The lowest BCUT2D eigenvalue weighted by atomic mass is 10.1. The van der Waals surface area contributed by atoms with Gasteiger partial charge in [-0.25, -0.2) is 0 Å². The number of ether oxygens (including phenoxy) is 3. The van der Waals surface area contributed by atoms with Gasteiger partial charge in [0.1, 0.15) is 10.1 Å². The summed E-state index contributed by atoms with van der Waals surface area (Å²) in [5.74, 6) is 2.06. The van der Waals surface area contributed by atoms with E-state index in [2.05, 4.69) is 26.5 Å². The van der Waals surface area contributed by atoms with Crippen LogP contribution in [-0.2, 0) is 4.79 Å². The van der Waals surface area contributed by atoms with Crippen molar-refractivity contribution < 1.29 is 19.0 Å². The number of benzene rings is 2. The fourth-order valence-electron chi connectivity index (χ4n) is 3.13. The third kappa shape index (κ3) is 5.72. The fraction of sp³-hybridized carbons (Fsp3) is 0.280. The van der Waals surface area contributed by atoms with Crippen molar-refractivity contribution in [3.8, 4) is 17.2 Å². The van der Waals surface area contributed by atoms with E-state index in [1.54, 1.807) is 13.2 Å². The maximum absolute atomic E-state index is 12.5. The molecule has 1 aliphatic rings. The lowest BCUT2D eigenvalue weighted by Gasteiger charge is -2.13. The Morgan fingerprint density at radius 1 is 1.09 bits per heavy atom. The number of hydrogen-bond donors (Lipinski definition) is 0. The first-order valence-corrected chi connectivity index (χ1v) is 11.5. The monoisotopic (exact) mass is 469 g/mol. The van der Waals surface area contributed by atoms with E-state index in [9.17, 15) is 4.79 Å². The Kier molecular flexibility index (Phi) is 8.36. The highest BCUT2D eigenvalue weighted by Crippen LogP contribution is 2.34. The minimum atomic E-state index is -0.108. The molecule has 0 atom stereocenters. The predicted octanol–water partition coefficient (Wildman–Crippen LogP) is 5.55. The zero-order chi connectivity index (χ0) is 23.1. The van der Waals surface area contributed by atoms with Crippen LogP contribution in [0.3, 0.4) is 0 Å². The molecule has 0 N–H and O–H groups in total. The second-order valence-electron chi connectivity index (χ2n) is 7.24. The predicted molar refractivity (Wildman–Crippen MR) is 135 cm³/mol. The lowest BCUT2D eigenvalue weighted by molar-refractivity contribution is -0.121. The Morgan fingerprint density at radius 2 is 1.84 bits per heavy atom. The van der Waals surface area contributed by atoms with Crippen LogP contribution in [0.25, 0.3) is 6.08 Å². The Bertz CT molecular complexity index is 1050. The number of thioether (sulfide) groups is 1. The average Bonchev–Trinajstić information content (AvgIpc) is 3.04. The van der Waals surface area contributed by atoms with E-state index in [0.29, 0.717) is 40.5 Å². The van der Waals surface area contributed by atoms with Crippen LogP contribution < -0.4 is 14.2 Å².